The van der Waals surface area contributed by atoms with Crippen LogP contribution in [0.25, 0.3) is 17.3 Å². The molecule has 0 atom stereocenters. The summed E-state index contributed by atoms with van der Waals surface area (Å²) in [4.78, 5) is 38.6. The molecule has 7 nitrogen and oxygen atoms in total. The lowest BCUT2D eigenvalue weighted by molar-refractivity contribution is 0.0600. The van der Waals surface area contributed by atoms with E-state index in [0.717, 1.165) is 11.3 Å². The van der Waals surface area contributed by atoms with Gasteiger partial charge in [-0.2, -0.15) is 5.26 Å². The predicted octanol–water partition coefficient (Wildman–Crippen LogP) is 3.47. The predicted molar refractivity (Wildman–Crippen MR) is 141 cm³/mol. The molecule has 0 fully saturated rings. The maximum Gasteiger partial charge on any atom is 0.337 e. The number of thiazole rings is 1. The van der Waals surface area contributed by atoms with Crippen LogP contribution in [0.15, 0.2) is 83.7 Å². The first kappa shape index (κ1) is 25.4. The lowest BCUT2D eigenvalue weighted by Crippen LogP contribution is -2.31. The lowest BCUT2D eigenvalue weighted by atomic mass is 10.1. The number of methoxy groups -OCH3 is 1. The number of ether oxygens (including phenoxy) is 2. The van der Waals surface area contributed by atoms with E-state index >= 15 is 0 Å². The van der Waals surface area contributed by atoms with Gasteiger partial charge in [0.05, 0.1) is 29.5 Å². The van der Waals surface area contributed by atoms with E-state index in [-0.39, 0.29) is 15.8 Å². The van der Waals surface area contributed by atoms with Gasteiger partial charge in [0.15, 0.2) is 0 Å². The highest BCUT2D eigenvalue weighted by Crippen LogP contribution is 2.15. The van der Waals surface area contributed by atoms with E-state index < -0.39 is 11.8 Å². The highest BCUT2D eigenvalue weighted by Gasteiger charge is 2.18. The first-order chi connectivity index (χ1) is 18.0. The largest absolute Gasteiger partial charge is 0.494 e. The Labute approximate surface area is 216 Å². The third kappa shape index (κ3) is 5.42. The number of ketones is 1. The van der Waals surface area contributed by atoms with Crippen LogP contribution in [0.5, 0.6) is 5.75 Å². The van der Waals surface area contributed by atoms with Crippen molar-refractivity contribution in [3.05, 3.63) is 115 Å². The molecule has 37 heavy (non-hydrogen) atoms. The number of esters is 1. The van der Waals surface area contributed by atoms with E-state index in [1.165, 1.54) is 11.7 Å². The Hall–Kier alpha value is -4.74. The average Bonchev–Trinajstić information content (AvgIpc) is 3.25. The normalized spacial score (nSPS) is 12.0. The summed E-state index contributed by atoms with van der Waals surface area (Å²) in [6.07, 6.45) is 1.66. The molecule has 0 spiro atoms. The van der Waals surface area contributed by atoms with Crippen molar-refractivity contribution in [3.8, 4) is 17.5 Å². The number of carbonyl (C=O) groups is 2. The fraction of sp³-hybridized carbons (Fsp3) is 0.103. The molecule has 0 aliphatic rings. The van der Waals surface area contributed by atoms with Gasteiger partial charge in [0.25, 0.3) is 5.56 Å². The molecule has 0 amide bonds. The van der Waals surface area contributed by atoms with E-state index in [9.17, 15) is 19.6 Å². The number of benzene rings is 3. The topological polar surface area (TPSA) is 98.4 Å². The smallest absolute Gasteiger partial charge is 0.337 e. The van der Waals surface area contributed by atoms with Crippen LogP contribution in [-0.4, -0.2) is 30.0 Å². The molecule has 1 heterocycles. The van der Waals surface area contributed by atoms with Crippen LogP contribution >= 0.6 is 11.3 Å². The number of carbonyl (C=O) groups excluding carboxylic acids is 2. The number of rotatable bonds is 7. The standard InChI is InChI=1S/C29H22N2O5S/c1-3-36-23-15-13-22(14-16-23)31-27(33)25(17-19-9-11-21(12-10-19)29(34)35-2)37-28(31)24(18-30)26(32)20-7-5-4-6-8-20/h4-17H,3H2,1-2H3/b25-17-,28-24+. The maximum absolute atomic E-state index is 13.6. The second-order valence-electron chi connectivity index (χ2n) is 7.78. The summed E-state index contributed by atoms with van der Waals surface area (Å²) in [6, 6.07) is 23.9. The number of Topliss-reactive ketones (excluding diaryl/α,β-unsaturated/α-hetero) is 1. The first-order valence-corrected chi connectivity index (χ1v) is 12.2. The van der Waals surface area contributed by atoms with E-state index in [0.29, 0.717) is 39.3 Å². The van der Waals surface area contributed by atoms with Crippen molar-refractivity contribution in [3.63, 3.8) is 0 Å². The third-order valence-electron chi connectivity index (χ3n) is 5.45. The Balaban J connectivity index is 1.95. The second kappa shape index (κ2) is 11.3. The number of nitriles is 1. The molecule has 4 aromatic rings. The quantitative estimate of drug-likeness (QED) is 0.279. The van der Waals surface area contributed by atoms with Crippen LogP contribution in [0, 0.1) is 11.3 Å². The summed E-state index contributed by atoms with van der Waals surface area (Å²) in [5.74, 6) is -0.299. The Morgan fingerprint density at radius 3 is 2.24 bits per heavy atom. The van der Waals surface area contributed by atoms with Gasteiger partial charge in [0, 0.05) is 5.56 Å². The van der Waals surface area contributed by atoms with Crippen LogP contribution < -0.4 is 19.5 Å². The van der Waals surface area contributed by atoms with Gasteiger partial charge in [-0.15, -0.1) is 11.3 Å². The fourth-order valence-corrected chi connectivity index (χ4v) is 4.76. The Morgan fingerprint density at radius 1 is 0.973 bits per heavy atom. The zero-order chi connectivity index (χ0) is 26.4. The molecule has 0 aliphatic heterocycles. The molecular formula is C29H22N2O5S. The lowest BCUT2D eigenvalue weighted by Gasteiger charge is -2.06. The number of nitrogens with zero attached hydrogens (tertiary/aromatic N) is 2. The maximum atomic E-state index is 13.6. The average molecular weight is 511 g/mol. The summed E-state index contributed by atoms with van der Waals surface area (Å²) in [5, 5.41) is 10.0. The summed E-state index contributed by atoms with van der Waals surface area (Å²) < 4.78 is 12.2. The molecule has 184 valence electrons. The van der Waals surface area contributed by atoms with Crippen molar-refractivity contribution in [1.29, 1.82) is 5.26 Å². The number of hydrogen-bond acceptors (Lipinski definition) is 7. The summed E-state index contributed by atoms with van der Waals surface area (Å²) in [7, 11) is 1.30. The second-order valence-corrected chi connectivity index (χ2v) is 8.81. The molecule has 0 saturated heterocycles. The molecule has 0 aliphatic carbocycles. The molecule has 4 rings (SSSR count). The summed E-state index contributed by atoms with van der Waals surface area (Å²) in [6.45, 7) is 2.37. The fourth-order valence-electron chi connectivity index (χ4n) is 3.66. The van der Waals surface area contributed by atoms with Crippen molar-refractivity contribution >= 4 is 34.7 Å². The van der Waals surface area contributed by atoms with E-state index in [1.54, 1.807) is 84.9 Å². The van der Waals surface area contributed by atoms with Gasteiger partial charge in [0.2, 0.25) is 5.78 Å². The van der Waals surface area contributed by atoms with Gasteiger partial charge < -0.3 is 9.47 Å². The van der Waals surface area contributed by atoms with E-state index in [2.05, 4.69) is 0 Å². The molecule has 0 saturated carbocycles. The molecule has 3 aromatic carbocycles. The van der Waals surface area contributed by atoms with Crippen LogP contribution in [0.3, 0.4) is 0 Å². The van der Waals surface area contributed by atoms with Crippen LogP contribution in [0.4, 0.5) is 0 Å². The van der Waals surface area contributed by atoms with Crippen LogP contribution in [0.2, 0.25) is 0 Å². The zero-order valence-electron chi connectivity index (χ0n) is 20.1. The Morgan fingerprint density at radius 2 is 1.65 bits per heavy atom. The molecular weight excluding hydrogens is 488 g/mol. The number of aromatic nitrogens is 1. The minimum Gasteiger partial charge on any atom is -0.494 e. The summed E-state index contributed by atoms with van der Waals surface area (Å²) >= 11 is 1.05. The van der Waals surface area contributed by atoms with Crippen molar-refractivity contribution < 1.29 is 19.1 Å². The van der Waals surface area contributed by atoms with Crippen LogP contribution in [0.1, 0.15) is 33.2 Å². The van der Waals surface area contributed by atoms with Gasteiger partial charge in [-0.1, -0.05) is 42.5 Å². The van der Waals surface area contributed by atoms with Gasteiger partial charge in [0.1, 0.15) is 22.1 Å². The number of hydrogen-bond donors (Lipinski definition) is 0. The van der Waals surface area contributed by atoms with Gasteiger partial charge in [-0.3, -0.25) is 14.2 Å². The van der Waals surface area contributed by atoms with Crippen LogP contribution in [-0.2, 0) is 4.74 Å². The highest BCUT2D eigenvalue weighted by atomic mass is 32.1. The van der Waals surface area contributed by atoms with Gasteiger partial charge in [-0.05, 0) is 55.0 Å². The Bertz CT molecular complexity index is 1660. The van der Waals surface area contributed by atoms with E-state index in [1.807, 2.05) is 13.0 Å². The SMILES string of the molecule is CCOc1ccc(-n2c(=O)/c(=C/c3ccc(C(=O)OC)cc3)s/c2=C(\C#N)C(=O)c2ccccc2)cc1. The molecule has 8 heteroatoms. The molecule has 0 bridgehead atoms. The van der Waals surface area contributed by atoms with Crippen molar-refractivity contribution in [1.82, 2.24) is 4.57 Å². The monoisotopic (exact) mass is 510 g/mol. The Kier molecular flexibility index (Phi) is 7.77. The summed E-state index contributed by atoms with van der Waals surface area (Å²) in [5.41, 5.74) is 1.38. The minimum absolute atomic E-state index is 0.136. The van der Waals surface area contributed by atoms with Crippen molar-refractivity contribution in [2.45, 2.75) is 6.92 Å². The van der Waals surface area contributed by atoms with Crippen molar-refractivity contribution in [2.24, 2.45) is 0 Å². The minimum atomic E-state index is -0.474. The third-order valence-corrected chi connectivity index (χ3v) is 6.54. The molecule has 0 radical (unpaired) electrons. The van der Waals surface area contributed by atoms with Gasteiger partial charge in [-0.25, -0.2) is 4.79 Å². The molecule has 1 aromatic heterocycles. The zero-order valence-corrected chi connectivity index (χ0v) is 21.0. The van der Waals surface area contributed by atoms with Gasteiger partial charge >= 0.3 is 5.97 Å². The molecule has 0 N–H and O–H groups in total. The van der Waals surface area contributed by atoms with Crippen molar-refractivity contribution in [2.75, 3.05) is 13.7 Å². The highest BCUT2D eigenvalue weighted by molar-refractivity contribution is 7.07. The molecule has 0 unspecified atom stereocenters. The van der Waals surface area contributed by atoms with E-state index in [4.69, 9.17) is 9.47 Å². The first-order valence-electron chi connectivity index (χ1n) is 11.4.